The van der Waals surface area contributed by atoms with E-state index in [0.717, 1.165) is 9.80 Å². The largest absolute Gasteiger partial charge is 0.298 e. The molecule has 14 nitrogen and oxygen atoms in total. The Kier molecular flexibility index (Phi) is 9.80. The van der Waals surface area contributed by atoms with Crippen LogP contribution in [0.5, 0.6) is 0 Å². The summed E-state index contributed by atoms with van der Waals surface area (Å²) in [6.07, 6.45) is 4.09. The average molecular weight is 691 g/mol. The maximum Gasteiger partial charge on any atom is 0.270 e. The van der Waals surface area contributed by atoms with Gasteiger partial charge in [0.15, 0.2) is 0 Å². The van der Waals surface area contributed by atoms with Gasteiger partial charge in [-0.15, -0.1) is 13.2 Å². The number of non-ortho nitro benzene ring substituents is 2. The van der Waals surface area contributed by atoms with Crippen LogP contribution in [-0.4, -0.2) is 105 Å². The smallest absolute Gasteiger partial charge is 0.270 e. The minimum Gasteiger partial charge on any atom is -0.298 e. The van der Waals surface area contributed by atoms with Gasteiger partial charge in [0.2, 0.25) is 0 Å². The monoisotopic (exact) mass is 690 g/mol. The maximum atomic E-state index is 13.5. The average Bonchev–Trinajstić information content (AvgIpc) is 3.11. The third kappa shape index (κ3) is 6.61. The number of hydrogen-bond donors (Lipinski definition) is 0. The summed E-state index contributed by atoms with van der Waals surface area (Å²) < 4.78 is 0. The van der Waals surface area contributed by atoms with Crippen LogP contribution in [0.2, 0.25) is 0 Å². The van der Waals surface area contributed by atoms with Crippen molar-refractivity contribution >= 4 is 56.5 Å². The van der Waals surface area contributed by atoms with Crippen molar-refractivity contribution in [3.8, 4) is 0 Å². The number of benzene rings is 4. The number of rotatable bonds is 16. The quantitative estimate of drug-likeness (QED) is 0.0670. The molecule has 0 aromatic heterocycles. The number of nitro benzene ring substituents is 2. The molecule has 4 aromatic rings. The third-order valence-electron chi connectivity index (χ3n) is 9.25. The molecule has 2 aliphatic rings. The van der Waals surface area contributed by atoms with Crippen LogP contribution in [0.15, 0.2) is 86.0 Å². The minimum atomic E-state index is -0.585. The molecule has 0 radical (unpaired) electrons. The highest BCUT2D eigenvalue weighted by molar-refractivity contribution is 6.26. The van der Waals surface area contributed by atoms with Gasteiger partial charge in [-0.05, 0) is 42.4 Å². The van der Waals surface area contributed by atoms with Crippen molar-refractivity contribution in [2.75, 3.05) is 52.4 Å². The van der Waals surface area contributed by atoms with Gasteiger partial charge in [-0.1, -0.05) is 36.4 Å². The molecule has 0 spiro atoms. The van der Waals surface area contributed by atoms with Crippen LogP contribution in [0.25, 0.3) is 21.5 Å². The Labute approximate surface area is 292 Å². The number of carbonyl (C=O) groups excluding carboxylic acids is 4. The molecule has 0 fully saturated rings. The van der Waals surface area contributed by atoms with Crippen molar-refractivity contribution in [3.05, 3.63) is 128 Å². The zero-order valence-corrected chi connectivity index (χ0v) is 27.7. The van der Waals surface area contributed by atoms with E-state index in [2.05, 4.69) is 13.2 Å². The predicted molar refractivity (Wildman–Crippen MR) is 190 cm³/mol. The fraction of sp³-hybridized carbons (Fsp3) is 0.243. The molecule has 0 unspecified atom stereocenters. The number of carbonyl (C=O) groups is 4. The summed E-state index contributed by atoms with van der Waals surface area (Å²) in [5, 5.41) is 24.8. The first-order valence-electron chi connectivity index (χ1n) is 16.3. The zero-order valence-electron chi connectivity index (χ0n) is 27.7. The minimum absolute atomic E-state index is 0.0615. The van der Waals surface area contributed by atoms with E-state index in [4.69, 9.17) is 0 Å². The van der Waals surface area contributed by atoms with Crippen molar-refractivity contribution in [1.82, 2.24) is 19.6 Å². The Morgan fingerprint density at radius 1 is 0.588 bits per heavy atom. The molecule has 2 heterocycles. The predicted octanol–water partition coefficient (Wildman–Crippen LogP) is 5.07. The first-order chi connectivity index (χ1) is 24.5. The SMILES string of the molecule is C=CCN(CCCN(CC=C)CCN1C(=O)c2cccc3cc([N+](=O)[O-])cc(c23)C1=O)CCN1C(=O)c2cccc3cc([N+](=O)[O-])cc(c23)C1=O. The van der Waals surface area contributed by atoms with Crippen LogP contribution < -0.4 is 0 Å². The van der Waals surface area contributed by atoms with Crippen molar-refractivity contribution in [3.63, 3.8) is 0 Å². The Balaban J connectivity index is 1.09. The molecule has 4 aromatic carbocycles. The molecule has 6 rings (SSSR count). The van der Waals surface area contributed by atoms with Gasteiger partial charge in [-0.3, -0.25) is 59.0 Å². The van der Waals surface area contributed by atoms with Crippen LogP contribution in [-0.2, 0) is 0 Å². The highest BCUT2D eigenvalue weighted by atomic mass is 16.6. The van der Waals surface area contributed by atoms with Crippen LogP contribution in [0, 0.1) is 20.2 Å². The summed E-state index contributed by atoms with van der Waals surface area (Å²) in [6, 6.07) is 14.9. The van der Waals surface area contributed by atoms with Crippen LogP contribution in [0.1, 0.15) is 47.9 Å². The third-order valence-corrected chi connectivity index (χ3v) is 9.25. The lowest BCUT2D eigenvalue weighted by molar-refractivity contribution is -0.384. The van der Waals surface area contributed by atoms with Gasteiger partial charge in [0, 0.05) is 85.4 Å². The Morgan fingerprint density at radius 3 is 1.35 bits per heavy atom. The lowest BCUT2D eigenvalue weighted by Gasteiger charge is -2.31. The van der Waals surface area contributed by atoms with Crippen LogP contribution >= 0.6 is 0 Å². The Bertz CT molecular complexity index is 2010. The van der Waals surface area contributed by atoms with Gasteiger partial charge in [0.05, 0.1) is 21.0 Å². The normalized spacial score (nSPS) is 13.9. The maximum absolute atomic E-state index is 13.5. The van der Waals surface area contributed by atoms with Crippen molar-refractivity contribution in [1.29, 1.82) is 0 Å². The summed E-state index contributed by atoms with van der Waals surface area (Å²) in [5.74, 6) is -2.09. The number of nitro groups is 2. The molecule has 0 saturated carbocycles. The molecule has 51 heavy (non-hydrogen) atoms. The second kappa shape index (κ2) is 14.4. The van der Waals surface area contributed by atoms with E-state index >= 15 is 0 Å². The highest BCUT2D eigenvalue weighted by Crippen LogP contribution is 2.35. The summed E-state index contributed by atoms with van der Waals surface area (Å²) in [7, 11) is 0. The molecule has 0 saturated heterocycles. The van der Waals surface area contributed by atoms with Gasteiger partial charge in [-0.2, -0.15) is 0 Å². The van der Waals surface area contributed by atoms with Crippen LogP contribution in [0.4, 0.5) is 11.4 Å². The second-order valence-electron chi connectivity index (χ2n) is 12.4. The van der Waals surface area contributed by atoms with E-state index in [1.165, 1.54) is 24.3 Å². The molecule has 0 N–H and O–H groups in total. The van der Waals surface area contributed by atoms with Gasteiger partial charge >= 0.3 is 0 Å². The highest BCUT2D eigenvalue weighted by Gasteiger charge is 2.36. The van der Waals surface area contributed by atoms with Crippen molar-refractivity contribution < 1.29 is 29.0 Å². The molecule has 2 aliphatic heterocycles. The second-order valence-corrected chi connectivity index (χ2v) is 12.4. The number of nitrogens with zero attached hydrogens (tertiary/aromatic N) is 6. The summed E-state index contributed by atoms with van der Waals surface area (Å²) in [4.78, 5) is 82.1. The van der Waals surface area contributed by atoms with Gasteiger partial charge in [0.1, 0.15) is 0 Å². The molecular formula is C37H34N6O8. The Hall–Kier alpha value is -6.12. The molecule has 14 heteroatoms. The first kappa shape index (κ1) is 34.7. The van der Waals surface area contributed by atoms with Gasteiger partial charge < -0.3 is 0 Å². The van der Waals surface area contributed by atoms with E-state index in [0.29, 0.717) is 78.4 Å². The molecule has 260 valence electrons. The summed E-state index contributed by atoms with van der Waals surface area (Å²) >= 11 is 0. The van der Waals surface area contributed by atoms with E-state index < -0.39 is 33.5 Å². The van der Waals surface area contributed by atoms with Crippen molar-refractivity contribution in [2.45, 2.75) is 6.42 Å². The molecule has 4 amide bonds. The molecular weight excluding hydrogens is 656 g/mol. The number of amides is 4. The molecule has 0 atom stereocenters. The lowest BCUT2D eigenvalue weighted by atomic mass is 9.93. The van der Waals surface area contributed by atoms with Gasteiger partial charge in [-0.25, -0.2) is 0 Å². The Morgan fingerprint density at radius 2 is 0.980 bits per heavy atom. The lowest BCUT2D eigenvalue weighted by Crippen LogP contribution is -2.45. The molecule has 0 aliphatic carbocycles. The summed E-state index contributed by atoms with van der Waals surface area (Å²) in [5.41, 5.74) is 0.417. The number of imide groups is 2. The molecule has 0 bridgehead atoms. The van der Waals surface area contributed by atoms with E-state index in [1.807, 2.05) is 9.80 Å². The van der Waals surface area contributed by atoms with E-state index in [9.17, 15) is 39.4 Å². The fourth-order valence-corrected chi connectivity index (χ4v) is 6.86. The number of hydrogen-bond acceptors (Lipinski definition) is 10. The van der Waals surface area contributed by atoms with E-state index in [1.54, 1.807) is 48.6 Å². The van der Waals surface area contributed by atoms with Crippen molar-refractivity contribution in [2.24, 2.45) is 0 Å². The van der Waals surface area contributed by atoms with Crippen LogP contribution in [0.3, 0.4) is 0 Å². The zero-order chi connectivity index (χ0) is 36.4. The topological polar surface area (TPSA) is 168 Å². The first-order valence-corrected chi connectivity index (χ1v) is 16.3. The fourth-order valence-electron chi connectivity index (χ4n) is 6.86. The van der Waals surface area contributed by atoms with Gasteiger partial charge in [0.25, 0.3) is 35.0 Å². The standard InChI is InChI=1S/C37H34N6O8/c1-3-12-38(16-18-40-34(44)28-10-5-8-24-20-26(42(48)49)22-30(32(24)28)36(40)46)14-7-15-39(13-4-2)17-19-41-35(45)29-11-6-9-25-21-27(43(50)51)23-31(33(25)29)37(41)47/h3-6,8-11,20-23H,1-2,7,12-19H2. The van der Waals surface area contributed by atoms with E-state index in [-0.39, 0.29) is 35.6 Å². The summed E-state index contributed by atoms with van der Waals surface area (Å²) in [6.45, 7) is 10.5.